The van der Waals surface area contributed by atoms with Gasteiger partial charge in [-0.05, 0) is 18.6 Å². The largest absolute Gasteiger partial charge is 0.392 e. The van der Waals surface area contributed by atoms with Crippen LogP contribution in [0.1, 0.15) is 12.2 Å². The monoisotopic (exact) mass is 244 g/mol. The van der Waals surface area contributed by atoms with Crippen molar-refractivity contribution >= 4 is 16.7 Å². The zero-order valence-electron chi connectivity index (χ0n) is 10.1. The van der Waals surface area contributed by atoms with E-state index in [1.807, 2.05) is 24.3 Å². The SMILES string of the molecule is Nc1nc(CN2CC[C@@H](O)C2)nc2ccccc12. The van der Waals surface area contributed by atoms with Gasteiger partial charge >= 0.3 is 0 Å². The minimum absolute atomic E-state index is 0.220. The summed E-state index contributed by atoms with van der Waals surface area (Å²) in [5.41, 5.74) is 6.81. The molecule has 0 radical (unpaired) electrons. The number of nitrogen functional groups attached to an aromatic ring is 1. The second-order valence-corrected chi connectivity index (χ2v) is 4.72. The molecule has 2 aromatic rings. The number of β-amino-alcohol motifs (C(OH)–C–C–N with tert-alkyl or cyclic N) is 1. The van der Waals surface area contributed by atoms with Crippen molar-refractivity contribution in [2.45, 2.75) is 19.1 Å². The minimum Gasteiger partial charge on any atom is -0.392 e. The van der Waals surface area contributed by atoms with Crippen LogP contribution in [0.5, 0.6) is 0 Å². The first-order chi connectivity index (χ1) is 8.72. The fourth-order valence-electron chi connectivity index (χ4n) is 2.38. The summed E-state index contributed by atoms with van der Waals surface area (Å²) in [6.45, 7) is 2.22. The normalized spacial score (nSPS) is 20.6. The predicted octanol–water partition coefficient (Wildman–Crippen LogP) is 0.779. The van der Waals surface area contributed by atoms with Crippen LogP contribution >= 0.6 is 0 Å². The number of nitrogens with two attached hydrogens (primary N) is 1. The van der Waals surface area contributed by atoms with Crippen LogP contribution in [0.2, 0.25) is 0 Å². The lowest BCUT2D eigenvalue weighted by Gasteiger charge is -2.14. The molecule has 3 N–H and O–H groups in total. The van der Waals surface area contributed by atoms with Gasteiger partial charge in [-0.25, -0.2) is 9.97 Å². The summed E-state index contributed by atoms with van der Waals surface area (Å²) < 4.78 is 0. The number of hydrogen-bond donors (Lipinski definition) is 2. The standard InChI is InChI=1S/C13H16N4O/c14-13-10-3-1-2-4-11(10)15-12(16-13)8-17-6-5-9(18)7-17/h1-4,9,18H,5-8H2,(H2,14,15,16)/t9-/m1/s1. The molecule has 0 bridgehead atoms. The first-order valence-electron chi connectivity index (χ1n) is 6.14. The summed E-state index contributed by atoms with van der Waals surface area (Å²) in [5, 5.41) is 10.4. The Morgan fingerprint density at radius 2 is 2.17 bits per heavy atom. The highest BCUT2D eigenvalue weighted by atomic mass is 16.3. The lowest BCUT2D eigenvalue weighted by molar-refractivity contribution is 0.174. The maximum atomic E-state index is 9.50. The molecule has 94 valence electrons. The number of likely N-dealkylation sites (tertiary alicyclic amines) is 1. The molecule has 0 unspecified atom stereocenters. The van der Waals surface area contributed by atoms with Crippen LogP contribution in [0, 0.1) is 0 Å². The summed E-state index contributed by atoms with van der Waals surface area (Å²) in [5.74, 6) is 1.25. The van der Waals surface area contributed by atoms with Crippen molar-refractivity contribution < 1.29 is 5.11 Å². The van der Waals surface area contributed by atoms with E-state index in [-0.39, 0.29) is 6.10 Å². The highest BCUT2D eigenvalue weighted by Gasteiger charge is 2.21. The quantitative estimate of drug-likeness (QED) is 0.816. The Morgan fingerprint density at radius 3 is 2.94 bits per heavy atom. The Morgan fingerprint density at radius 1 is 1.33 bits per heavy atom. The second-order valence-electron chi connectivity index (χ2n) is 4.72. The molecule has 1 saturated heterocycles. The fourth-order valence-corrected chi connectivity index (χ4v) is 2.38. The third-order valence-electron chi connectivity index (χ3n) is 3.29. The molecule has 1 aromatic carbocycles. The van der Waals surface area contributed by atoms with E-state index in [2.05, 4.69) is 14.9 Å². The number of hydrogen-bond acceptors (Lipinski definition) is 5. The van der Waals surface area contributed by atoms with Crippen LogP contribution in [0.25, 0.3) is 10.9 Å². The molecule has 0 amide bonds. The summed E-state index contributed by atoms with van der Waals surface area (Å²) in [6.07, 6.45) is 0.603. The molecule has 0 saturated carbocycles. The van der Waals surface area contributed by atoms with Crippen LogP contribution in [-0.2, 0) is 6.54 Å². The number of aliphatic hydroxyl groups excluding tert-OH is 1. The number of benzene rings is 1. The van der Waals surface area contributed by atoms with Gasteiger partial charge in [0.05, 0.1) is 18.2 Å². The molecule has 1 aliphatic heterocycles. The molecule has 1 aliphatic rings. The van der Waals surface area contributed by atoms with E-state index >= 15 is 0 Å². The Bertz CT molecular complexity index is 572. The van der Waals surface area contributed by atoms with Gasteiger partial charge < -0.3 is 10.8 Å². The molecular formula is C13H16N4O. The Hall–Kier alpha value is -1.72. The Labute approximate surface area is 105 Å². The summed E-state index contributed by atoms with van der Waals surface area (Å²) in [7, 11) is 0. The van der Waals surface area contributed by atoms with Gasteiger partial charge in [-0.2, -0.15) is 0 Å². The van der Waals surface area contributed by atoms with E-state index in [0.29, 0.717) is 18.9 Å². The van der Waals surface area contributed by atoms with Crippen molar-refractivity contribution in [3.8, 4) is 0 Å². The van der Waals surface area contributed by atoms with E-state index in [0.717, 1.165) is 29.7 Å². The summed E-state index contributed by atoms with van der Waals surface area (Å²) >= 11 is 0. The highest BCUT2D eigenvalue weighted by Crippen LogP contribution is 2.18. The van der Waals surface area contributed by atoms with Crippen LogP contribution in [0.4, 0.5) is 5.82 Å². The number of para-hydroxylation sites is 1. The van der Waals surface area contributed by atoms with Gasteiger partial charge in [0.1, 0.15) is 11.6 Å². The van der Waals surface area contributed by atoms with E-state index in [1.165, 1.54) is 0 Å². The Kier molecular flexibility index (Phi) is 2.85. The van der Waals surface area contributed by atoms with E-state index in [9.17, 15) is 5.11 Å². The number of aliphatic hydroxyl groups is 1. The predicted molar refractivity (Wildman–Crippen MR) is 69.9 cm³/mol. The summed E-state index contributed by atoms with van der Waals surface area (Å²) in [4.78, 5) is 11.0. The molecule has 1 aromatic heterocycles. The lowest BCUT2D eigenvalue weighted by atomic mass is 10.2. The smallest absolute Gasteiger partial charge is 0.145 e. The maximum absolute atomic E-state index is 9.50. The van der Waals surface area contributed by atoms with Gasteiger partial charge in [-0.1, -0.05) is 12.1 Å². The number of nitrogens with zero attached hydrogens (tertiary/aromatic N) is 3. The van der Waals surface area contributed by atoms with Crippen LogP contribution < -0.4 is 5.73 Å². The van der Waals surface area contributed by atoms with E-state index in [4.69, 9.17) is 5.73 Å². The topological polar surface area (TPSA) is 75.3 Å². The van der Waals surface area contributed by atoms with Crippen molar-refractivity contribution in [3.05, 3.63) is 30.1 Å². The van der Waals surface area contributed by atoms with Gasteiger partial charge in [0.25, 0.3) is 0 Å². The number of aromatic nitrogens is 2. The van der Waals surface area contributed by atoms with Gasteiger partial charge in [0.2, 0.25) is 0 Å². The van der Waals surface area contributed by atoms with Crippen molar-refractivity contribution in [2.75, 3.05) is 18.8 Å². The molecule has 0 aliphatic carbocycles. The molecule has 2 heterocycles. The number of fused-ring (bicyclic) bond motifs is 1. The van der Waals surface area contributed by atoms with Gasteiger partial charge in [0.15, 0.2) is 0 Å². The molecule has 1 fully saturated rings. The van der Waals surface area contributed by atoms with Crippen molar-refractivity contribution in [2.24, 2.45) is 0 Å². The average Bonchev–Trinajstić information content (AvgIpc) is 2.75. The zero-order valence-corrected chi connectivity index (χ0v) is 10.1. The molecule has 3 rings (SSSR count). The highest BCUT2D eigenvalue weighted by molar-refractivity contribution is 5.87. The average molecular weight is 244 g/mol. The van der Waals surface area contributed by atoms with E-state index in [1.54, 1.807) is 0 Å². The molecule has 1 atom stereocenters. The Balaban J connectivity index is 1.88. The molecule has 5 nitrogen and oxygen atoms in total. The molecule has 5 heteroatoms. The number of anilines is 1. The van der Waals surface area contributed by atoms with Crippen LogP contribution in [0.3, 0.4) is 0 Å². The van der Waals surface area contributed by atoms with E-state index < -0.39 is 0 Å². The molecule has 0 spiro atoms. The summed E-state index contributed by atoms with van der Waals surface area (Å²) in [6, 6.07) is 7.74. The zero-order chi connectivity index (χ0) is 12.5. The maximum Gasteiger partial charge on any atom is 0.145 e. The first-order valence-corrected chi connectivity index (χ1v) is 6.14. The second kappa shape index (κ2) is 4.51. The van der Waals surface area contributed by atoms with Crippen molar-refractivity contribution in [1.29, 1.82) is 0 Å². The third-order valence-corrected chi connectivity index (χ3v) is 3.29. The first kappa shape index (κ1) is 11.4. The van der Waals surface area contributed by atoms with Crippen molar-refractivity contribution in [1.82, 2.24) is 14.9 Å². The van der Waals surface area contributed by atoms with Gasteiger partial charge in [-0.3, -0.25) is 4.90 Å². The molecule has 18 heavy (non-hydrogen) atoms. The third kappa shape index (κ3) is 2.14. The van der Waals surface area contributed by atoms with Crippen molar-refractivity contribution in [3.63, 3.8) is 0 Å². The van der Waals surface area contributed by atoms with Crippen LogP contribution in [0.15, 0.2) is 24.3 Å². The number of rotatable bonds is 2. The van der Waals surface area contributed by atoms with Crippen LogP contribution in [-0.4, -0.2) is 39.2 Å². The molecular weight excluding hydrogens is 228 g/mol. The lowest BCUT2D eigenvalue weighted by Crippen LogP contribution is -2.23. The fraction of sp³-hybridized carbons (Fsp3) is 0.385. The van der Waals surface area contributed by atoms with Gasteiger partial charge in [-0.15, -0.1) is 0 Å². The minimum atomic E-state index is -0.220. The van der Waals surface area contributed by atoms with Gasteiger partial charge in [0, 0.05) is 18.5 Å².